The first-order chi connectivity index (χ1) is 14.2. The van der Waals surface area contributed by atoms with Crippen molar-refractivity contribution in [1.29, 1.82) is 0 Å². The van der Waals surface area contributed by atoms with Gasteiger partial charge in [-0.15, -0.1) is 0 Å². The molecule has 0 saturated carbocycles. The lowest BCUT2D eigenvalue weighted by atomic mass is 10.1. The molecular weight excluding hydrogens is 370 g/mol. The molecule has 2 aliphatic heterocycles. The van der Waals surface area contributed by atoms with Gasteiger partial charge in [-0.1, -0.05) is 24.3 Å². The first kappa shape index (κ1) is 19.8. The number of ether oxygens (including phenoxy) is 2. The number of nitrogens with one attached hydrogen (secondary N) is 2. The van der Waals surface area contributed by atoms with Gasteiger partial charge in [0.15, 0.2) is 0 Å². The summed E-state index contributed by atoms with van der Waals surface area (Å²) in [6.45, 7) is 5.20. The van der Waals surface area contributed by atoms with Crippen LogP contribution >= 0.6 is 0 Å². The molecule has 0 radical (unpaired) electrons. The summed E-state index contributed by atoms with van der Waals surface area (Å²) < 4.78 is 13.2. The van der Waals surface area contributed by atoms with E-state index in [9.17, 15) is 4.79 Å². The van der Waals surface area contributed by atoms with E-state index in [0.29, 0.717) is 19.7 Å². The average Bonchev–Trinajstić information content (AvgIpc) is 3.11. The van der Waals surface area contributed by atoms with E-state index >= 15 is 0 Å². The molecule has 1 aromatic heterocycles. The topological polar surface area (TPSA) is 90.3 Å². The van der Waals surface area contributed by atoms with Crippen LogP contribution in [0.4, 0.5) is 4.79 Å². The van der Waals surface area contributed by atoms with Crippen molar-refractivity contribution in [1.82, 2.24) is 25.4 Å². The van der Waals surface area contributed by atoms with Gasteiger partial charge in [-0.25, -0.2) is 14.5 Å². The quantitative estimate of drug-likeness (QED) is 0.776. The summed E-state index contributed by atoms with van der Waals surface area (Å²) in [7, 11) is 0. The summed E-state index contributed by atoms with van der Waals surface area (Å²) in [5.41, 5.74) is 2.18. The number of carbonyl (C=O) groups excluding carboxylic acids is 1. The van der Waals surface area contributed by atoms with Crippen molar-refractivity contribution >= 4 is 6.03 Å². The van der Waals surface area contributed by atoms with E-state index in [1.807, 2.05) is 23.7 Å². The molecule has 4 rings (SSSR count). The van der Waals surface area contributed by atoms with E-state index in [4.69, 9.17) is 9.47 Å². The summed E-state index contributed by atoms with van der Waals surface area (Å²) in [6.07, 6.45) is 3.91. The number of urea groups is 1. The van der Waals surface area contributed by atoms with Gasteiger partial charge in [0.2, 0.25) is 0 Å². The van der Waals surface area contributed by atoms with Crippen LogP contribution in [0.1, 0.15) is 42.0 Å². The zero-order valence-electron chi connectivity index (χ0n) is 16.9. The van der Waals surface area contributed by atoms with Gasteiger partial charge in [0.1, 0.15) is 11.6 Å². The Morgan fingerprint density at radius 1 is 1.28 bits per heavy atom. The number of rotatable bonds is 6. The van der Waals surface area contributed by atoms with E-state index < -0.39 is 0 Å². The van der Waals surface area contributed by atoms with E-state index in [1.165, 1.54) is 0 Å². The number of fused-ring (bicyclic) bond motifs is 1. The maximum atomic E-state index is 12.3. The lowest BCUT2D eigenvalue weighted by Crippen LogP contribution is -2.45. The fraction of sp³-hybridized carbons (Fsp3) is 0.571. The summed E-state index contributed by atoms with van der Waals surface area (Å²) in [4.78, 5) is 16.7. The standard InChI is InChI=1S/C21H29N5O3/c1-15-23-20-6-5-18(13-26(20)25-15)24-21(27)22-12-16-3-2-4-17(11-16)14-29-19-7-9-28-10-8-19/h2-4,11,18-19H,5-10,12-14H2,1H3,(H2,22,24,27). The third kappa shape index (κ3) is 5.55. The van der Waals surface area contributed by atoms with Crippen LogP contribution in [0.15, 0.2) is 24.3 Å². The van der Waals surface area contributed by atoms with Crippen molar-refractivity contribution in [3.63, 3.8) is 0 Å². The molecule has 2 aliphatic rings. The molecule has 1 atom stereocenters. The fourth-order valence-electron chi connectivity index (χ4n) is 3.86. The van der Waals surface area contributed by atoms with Gasteiger partial charge in [-0.3, -0.25) is 0 Å². The number of nitrogens with zero attached hydrogens (tertiary/aromatic N) is 3. The Kier molecular flexibility index (Phi) is 6.41. The molecule has 1 aromatic carbocycles. The van der Waals surface area contributed by atoms with Crippen LogP contribution in [0.5, 0.6) is 0 Å². The number of benzene rings is 1. The van der Waals surface area contributed by atoms with Crippen LogP contribution in [-0.4, -0.2) is 46.2 Å². The summed E-state index contributed by atoms with van der Waals surface area (Å²) in [6, 6.07) is 8.09. The first-order valence-corrected chi connectivity index (χ1v) is 10.4. The molecule has 2 aromatic rings. The van der Waals surface area contributed by atoms with Crippen molar-refractivity contribution < 1.29 is 14.3 Å². The van der Waals surface area contributed by atoms with Gasteiger partial charge in [0.25, 0.3) is 0 Å². The predicted molar refractivity (Wildman–Crippen MR) is 107 cm³/mol. The third-order valence-corrected chi connectivity index (χ3v) is 5.40. The second-order valence-corrected chi connectivity index (χ2v) is 7.76. The van der Waals surface area contributed by atoms with Crippen LogP contribution in [0.2, 0.25) is 0 Å². The van der Waals surface area contributed by atoms with Crippen LogP contribution in [0.25, 0.3) is 0 Å². The number of hydrogen-bond donors (Lipinski definition) is 2. The Morgan fingerprint density at radius 3 is 2.97 bits per heavy atom. The molecule has 1 unspecified atom stereocenters. The Balaban J connectivity index is 1.22. The molecule has 156 valence electrons. The third-order valence-electron chi connectivity index (χ3n) is 5.40. The Bertz CT molecular complexity index is 831. The highest BCUT2D eigenvalue weighted by atomic mass is 16.5. The molecule has 29 heavy (non-hydrogen) atoms. The molecule has 8 heteroatoms. The monoisotopic (exact) mass is 399 g/mol. The van der Waals surface area contributed by atoms with Crippen molar-refractivity contribution in [3.05, 3.63) is 47.0 Å². The van der Waals surface area contributed by atoms with Gasteiger partial charge in [0.05, 0.1) is 25.3 Å². The zero-order chi connectivity index (χ0) is 20.1. The van der Waals surface area contributed by atoms with Gasteiger partial charge in [-0.05, 0) is 37.3 Å². The molecule has 0 aliphatic carbocycles. The molecule has 1 fully saturated rings. The van der Waals surface area contributed by atoms with Gasteiger partial charge in [-0.2, -0.15) is 5.10 Å². The van der Waals surface area contributed by atoms with E-state index in [0.717, 1.165) is 61.7 Å². The number of aromatic nitrogens is 3. The summed E-state index contributed by atoms with van der Waals surface area (Å²) >= 11 is 0. The first-order valence-electron chi connectivity index (χ1n) is 10.4. The minimum Gasteiger partial charge on any atom is -0.381 e. The smallest absolute Gasteiger partial charge is 0.315 e. The zero-order valence-corrected chi connectivity index (χ0v) is 16.9. The Hall–Kier alpha value is -2.45. The Morgan fingerprint density at radius 2 is 2.10 bits per heavy atom. The average molecular weight is 399 g/mol. The second kappa shape index (κ2) is 9.37. The molecule has 1 saturated heterocycles. The van der Waals surface area contributed by atoms with Crippen LogP contribution in [-0.2, 0) is 35.6 Å². The predicted octanol–water partition coefficient (Wildman–Crippen LogP) is 2.10. The van der Waals surface area contributed by atoms with Gasteiger partial charge in [0, 0.05) is 26.2 Å². The number of amides is 2. The van der Waals surface area contributed by atoms with E-state index in [-0.39, 0.29) is 18.2 Å². The van der Waals surface area contributed by atoms with E-state index in [1.54, 1.807) is 0 Å². The van der Waals surface area contributed by atoms with Gasteiger partial charge >= 0.3 is 6.03 Å². The summed E-state index contributed by atoms with van der Waals surface area (Å²) in [5.74, 6) is 1.78. The molecule has 2 N–H and O–H groups in total. The lowest BCUT2D eigenvalue weighted by molar-refractivity contribution is -0.0390. The summed E-state index contributed by atoms with van der Waals surface area (Å²) in [5, 5.41) is 10.4. The molecule has 2 amide bonds. The van der Waals surface area contributed by atoms with E-state index in [2.05, 4.69) is 32.8 Å². The maximum Gasteiger partial charge on any atom is 0.315 e. The van der Waals surface area contributed by atoms with Crippen molar-refractivity contribution in [2.24, 2.45) is 0 Å². The largest absolute Gasteiger partial charge is 0.381 e. The maximum absolute atomic E-state index is 12.3. The minimum absolute atomic E-state index is 0.0720. The number of aryl methyl sites for hydroxylation is 2. The highest BCUT2D eigenvalue weighted by molar-refractivity contribution is 5.74. The number of carbonyl (C=O) groups is 1. The van der Waals surface area contributed by atoms with Crippen molar-refractivity contribution in [2.75, 3.05) is 13.2 Å². The SMILES string of the molecule is Cc1nc2n(n1)CC(NC(=O)NCc1cccc(COC3CCOCC3)c1)CC2. The van der Waals surface area contributed by atoms with Crippen LogP contribution in [0, 0.1) is 6.92 Å². The number of hydrogen-bond acceptors (Lipinski definition) is 5. The van der Waals surface area contributed by atoms with Gasteiger partial charge < -0.3 is 20.1 Å². The highest BCUT2D eigenvalue weighted by Gasteiger charge is 2.22. The molecule has 3 heterocycles. The van der Waals surface area contributed by atoms with Crippen LogP contribution < -0.4 is 10.6 Å². The minimum atomic E-state index is -0.154. The molecule has 8 nitrogen and oxygen atoms in total. The molecular formula is C21H29N5O3. The highest BCUT2D eigenvalue weighted by Crippen LogP contribution is 2.15. The molecule has 0 bridgehead atoms. The lowest BCUT2D eigenvalue weighted by Gasteiger charge is -2.23. The van der Waals surface area contributed by atoms with Crippen molar-refractivity contribution in [3.8, 4) is 0 Å². The second-order valence-electron chi connectivity index (χ2n) is 7.76. The van der Waals surface area contributed by atoms with Crippen LogP contribution in [0.3, 0.4) is 0 Å². The molecule has 0 spiro atoms. The normalized spacial score (nSPS) is 19.6. The van der Waals surface area contributed by atoms with Crippen molar-refractivity contribution in [2.45, 2.75) is 64.4 Å². The Labute approximate surface area is 171 Å². The fourth-order valence-corrected chi connectivity index (χ4v) is 3.86.